The Labute approximate surface area is 229 Å². The molecule has 4 fully saturated rings. The molecule has 1 N–H and O–H groups in total. The maximum atomic E-state index is 12.5. The number of carbonyl (C=O) groups excluding carboxylic acids is 1. The van der Waals surface area contributed by atoms with Crippen LogP contribution in [-0.2, 0) is 14.9 Å². The molecule has 5 unspecified atom stereocenters. The summed E-state index contributed by atoms with van der Waals surface area (Å²) < 4.78 is 42.6. The Morgan fingerprint density at radius 2 is 1.68 bits per heavy atom. The molecule has 0 spiro atoms. The molecule has 5 rings (SSSR count). The second kappa shape index (κ2) is 10.4. The van der Waals surface area contributed by atoms with Gasteiger partial charge in [0.15, 0.2) is 0 Å². The lowest BCUT2D eigenvalue weighted by atomic mass is 9.44. The van der Waals surface area contributed by atoms with Gasteiger partial charge in [0, 0.05) is 0 Å². The van der Waals surface area contributed by atoms with Gasteiger partial charge in [-0.05, 0) is 128 Å². The third-order valence-electron chi connectivity index (χ3n) is 11.7. The standard InChI is InChI=1S/C31H46O6S/c1-5-6-20(2)26-13-14-27-25-12-7-21-19-23(15-17-30(21,3)28(25)16-18-31(26,27)4)37-29(32)36-22-8-10-24(11-9-22)38(33,34)35/h8-11,20-21,23,25-28H,5-7,12-19H2,1-4H3,(H,33,34,35)/t20-,21?,23?,25?,26-,27?,28?,30+,31-/m1/s1. The van der Waals surface area contributed by atoms with Crippen LogP contribution < -0.4 is 4.74 Å². The molecule has 0 aliphatic heterocycles. The highest BCUT2D eigenvalue weighted by molar-refractivity contribution is 7.85. The van der Waals surface area contributed by atoms with Crippen molar-refractivity contribution in [1.82, 2.24) is 0 Å². The number of fused-ring (bicyclic) bond motifs is 5. The topological polar surface area (TPSA) is 89.9 Å². The van der Waals surface area contributed by atoms with Crippen LogP contribution in [0.5, 0.6) is 5.75 Å². The summed E-state index contributed by atoms with van der Waals surface area (Å²) in [5.74, 6) is 5.00. The van der Waals surface area contributed by atoms with Gasteiger partial charge >= 0.3 is 6.16 Å². The van der Waals surface area contributed by atoms with Gasteiger partial charge in [-0.25, -0.2) is 4.79 Å². The van der Waals surface area contributed by atoms with Gasteiger partial charge in [0.1, 0.15) is 11.9 Å². The molecule has 0 aromatic heterocycles. The van der Waals surface area contributed by atoms with Crippen LogP contribution in [0, 0.1) is 46.3 Å². The summed E-state index contributed by atoms with van der Waals surface area (Å²) in [6.45, 7) is 10.0. The first kappa shape index (κ1) is 27.9. The largest absolute Gasteiger partial charge is 0.514 e. The van der Waals surface area contributed by atoms with Crippen molar-refractivity contribution in [2.24, 2.45) is 46.3 Å². The van der Waals surface area contributed by atoms with Gasteiger partial charge in [0.2, 0.25) is 0 Å². The van der Waals surface area contributed by atoms with E-state index in [1.807, 2.05) is 0 Å². The van der Waals surface area contributed by atoms with Crippen LogP contribution in [-0.4, -0.2) is 25.2 Å². The molecular weight excluding hydrogens is 500 g/mol. The first-order chi connectivity index (χ1) is 18.0. The average molecular weight is 547 g/mol. The molecule has 6 nitrogen and oxygen atoms in total. The molecule has 1 aromatic rings. The van der Waals surface area contributed by atoms with Crippen molar-refractivity contribution in [2.75, 3.05) is 0 Å². The molecule has 1 aromatic carbocycles. The fraction of sp³-hybridized carbons (Fsp3) is 0.774. The minimum absolute atomic E-state index is 0.145. The predicted octanol–water partition coefficient (Wildman–Crippen LogP) is 7.91. The highest BCUT2D eigenvalue weighted by atomic mass is 32.2. The maximum absolute atomic E-state index is 12.5. The summed E-state index contributed by atoms with van der Waals surface area (Å²) in [4.78, 5) is 12.3. The summed E-state index contributed by atoms with van der Waals surface area (Å²) in [7, 11) is -4.29. The summed E-state index contributed by atoms with van der Waals surface area (Å²) in [6, 6.07) is 5.09. The summed E-state index contributed by atoms with van der Waals surface area (Å²) in [5, 5.41) is 0. The first-order valence-corrected chi connectivity index (χ1v) is 16.4. The third-order valence-corrected chi connectivity index (χ3v) is 12.6. The number of hydrogen-bond acceptors (Lipinski definition) is 5. The Balaban J connectivity index is 1.19. The Bertz CT molecular complexity index is 1120. The van der Waals surface area contributed by atoms with E-state index in [-0.39, 0.29) is 16.7 Å². The maximum Gasteiger partial charge on any atom is 0.514 e. The van der Waals surface area contributed by atoms with E-state index in [1.165, 1.54) is 75.6 Å². The van der Waals surface area contributed by atoms with E-state index in [0.717, 1.165) is 48.9 Å². The summed E-state index contributed by atoms with van der Waals surface area (Å²) >= 11 is 0. The monoisotopic (exact) mass is 546 g/mol. The van der Waals surface area contributed by atoms with Gasteiger partial charge in [0.25, 0.3) is 10.1 Å². The van der Waals surface area contributed by atoms with Gasteiger partial charge in [-0.15, -0.1) is 0 Å². The molecule has 0 amide bonds. The fourth-order valence-corrected chi connectivity index (χ4v) is 10.4. The van der Waals surface area contributed by atoms with Crippen LogP contribution >= 0.6 is 0 Å². The summed E-state index contributed by atoms with van der Waals surface area (Å²) in [5.41, 5.74) is 0.843. The van der Waals surface area contributed by atoms with Gasteiger partial charge in [-0.3, -0.25) is 4.55 Å². The number of benzene rings is 1. The van der Waals surface area contributed by atoms with Crippen molar-refractivity contribution in [1.29, 1.82) is 0 Å². The SMILES string of the molecule is CCC[C@@H](C)[C@H]1CCC2C3CCC4CC(OC(=O)Oc5ccc(S(=O)(=O)O)cc5)CC[C@]4(C)C3CC[C@@]21C. The molecule has 4 aliphatic carbocycles. The van der Waals surface area contributed by atoms with Crippen molar-refractivity contribution in [2.45, 2.75) is 109 Å². The Morgan fingerprint density at radius 1 is 1.00 bits per heavy atom. The Morgan fingerprint density at radius 3 is 2.37 bits per heavy atom. The van der Waals surface area contributed by atoms with Gasteiger partial charge in [-0.1, -0.05) is 40.5 Å². The lowest BCUT2D eigenvalue weighted by Gasteiger charge is -2.61. The van der Waals surface area contributed by atoms with E-state index in [1.54, 1.807) is 0 Å². The number of hydrogen-bond donors (Lipinski definition) is 1. The van der Waals surface area contributed by atoms with Gasteiger partial charge < -0.3 is 9.47 Å². The average Bonchev–Trinajstić information content (AvgIpc) is 3.21. The molecule has 38 heavy (non-hydrogen) atoms. The van der Waals surface area contributed by atoms with Crippen molar-refractivity contribution in [3.63, 3.8) is 0 Å². The molecule has 7 heteroatoms. The van der Waals surface area contributed by atoms with E-state index >= 15 is 0 Å². The zero-order valence-corrected chi connectivity index (χ0v) is 24.3. The van der Waals surface area contributed by atoms with Crippen LogP contribution in [0.1, 0.15) is 98.3 Å². The molecule has 212 valence electrons. The van der Waals surface area contributed by atoms with Crippen LogP contribution in [0.15, 0.2) is 29.2 Å². The number of rotatable bonds is 6. The van der Waals surface area contributed by atoms with Crippen molar-refractivity contribution < 1.29 is 27.2 Å². The molecule has 0 bridgehead atoms. The minimum Gasteiger partial charge on any atom is -0.431 e. The zero-order chi connectivity index (χ0) is 27.3. The first-order valence-electron chi connectivity index (χ1n) is 14.9. The molecular formula is C31H46O6S. The van der Waals surface area contributed by atoms with Crippen LogP contribution in [0.3, 0.4) is 0 Å². The zero-order valence-electron chi connectivity index (χ0n) is 23.5. The quantitative estimate of drug-likeness (QED) is 0.221. The normalized spacial score (nSPS) is 39.4. The Hall–Kier alpha value is -1.60. The third kappa shape index (κ3) is 5.02. The molecule has 0 heterocycles. The molecule has 4 saturated carbocycles. The van der Waals surface area contributed by atoms with Crippen molar-refractivity contribution >= 4 is 16.3 Å². The second-order valence-corrected chi connectivity index (χ2v) is 14.9. The lowest BCUT2D eigenvalue weighted by Crippen LogP contribution is -2.54. The van der Waals surface area contributed by atoms with E-state index in [4.69, 9.17) is 14.0 Å². The molecule has 0 saturated heterocycles. The van der Waals surface area contributed by atoms with Crippen LogP contribution in [0.25, 0.3) is 0 Å². The van der Waals surface area contributed by atoms with Crippen molar-refractivity contribution in [3.8, 4) is 5.75 Å². The number of carbonyl (C=O) groups is 1. The Kier molecular flexibility index (Phi) is 7.66. The highest BCUT2D eigenvalue weighted by Crippen LogP contribution is 2.68. The smallest absolute Gasteiger partial charge is 0.431 e. The van der Waals surface area contributed by atoms with E-state index in [0.29, 0.717) is 16.7 Å². The fourth-order valence-electron chi connectivity index (χ4n) is 9.89. The van der Waals surface area contributed by atoms with Gasteiger partial charge in [-0.2, -0.15) is 8.42 Å². The number of ether oxygens (including phenoxy) is 2. The van der Waals surface area contributed by atoms with Crippen LogP contribution in [0.2, 0.25) is 0 Å². The van der Waals surface area contributed by atoms with E-state index in [2.05, 4.69) is 27.7 Å². The summed E-state index contributed by atoms with van der Waals surface area (Å²) in [6.07, 6.45) is 12.7. The van der Waals surface area contributed by atoms with E-state index in [9.17, 15) is 13.2 Å². The molecule has 0 radical (unpaired) electrons. The van der Waals surface area contributed by atoms with Crippen molar-refractivity contribution in [3.05, 3.63) is 24.3 Å². The second-order valence-electron chi connectivity index (χ2n) is 13.5. The van der Waals surface area contributed by atoms with Gasteiger partial charge in [0.05, 0.1) is 4.90 Å². The molecule has 9 atom stereocenters. The van der Waals surface area contributed by atoms with E-state index < -0.39 is 16.3 Å². The lowest BCUT2D eigenvalue weighted by molar-refractivity contribution is -0.131. The predicted molar refractivity (Wildman–Crippen MR) is 146 cm³/mol. The van der Waals surface area contributed by atoms with Crippen LogP contribution in [0.4, 0.5) is 4.79 Å². The minimum atomic E-state index is -4.29. The highest BCUT2D eigenvalue weighted by Gasteiger charge is 2.60. The molecule has 4 aliphatic rings.